The minimum atomic E-state index is -4.22. The Labute approximate surface area is 211 Å². The van der Waals surface area contributed by atoms with Crippen molar-refractivity contribution in [3.05, 3.63) is 53.6 Å². The quantitative estimate of drug-likeness (QED) is 0.327. The van der Waals surface area contributed by atoms with Gasteiger partial charge in [-0.2, -0.15) is 4.31 Å². The maximum atomic E-state index is 13.7. The second-order valence-corrected chi connectivity index (χ2v) is 10.4. The van der Waals surface area contributed by atoms with Gasteiger partial charge in [-0.3, -0.25) is 14.8 Å². The zero-order chi connectivity index (χ0) is 26.5. The summed E-state index contributed by atoms with van der Waals surface area (Å²) in [6.45, 7) is 3.37. The number of hydrogen-bond acceptors (Lipinski definition) is 7. The summed E-state index contributed by atoms with van der Waals surface area (Å²) in [6, 6.07) is 9.85. The van der Waals surface area contributed by atoms with Crippen LogP contribution >= 0.6 is 0 Å². The number of rotatable bonds is 7. The molecule has 2 amide bonds. The van der Waals surface area contributed by atoms with Crippen molar-refractivity contribution >= 4 is 27.5 Å². The molecule has 1 aliphatic heterocycles. The van der Waals surface area contributed by atoms with E-state index >= 15 is 0 Å². The lowest BCUT2D eigenvalue weighted by Crippen LogP contribution is -2.53. The van der Waals surface area contributed by atoms with Crippen molar-refractivity contribution in [2.75, 3.05) is 32.1 Å². The van der Waals surface area contributed by atoms with Gasteiger partial charge in [0.05, 0.1) is 11.4 Å². The average molecular weight is 515 g/mol. The maximum absolute atomic E-state index is 13.7. The van der Waals surface area contributed by atoms with Crippen LogP contribution in [0.4, 0.5) is 5.69 Å². The van der Waals surface area contributed by atoms with Crippen LogP contribution in [0.5, 0.6) is 5.75 Å². The molecule has 0 spiro atoms. The maximum Gasteiger partial charge on any atom is 0.263 e. The van der Waals surface area contributed by atoms with Crippen LogP contribution in [0.25, 0.3) is 0 Å². The molecule has 0 bridgehead atoms. The fourth-order valence-corrected chi connectivity index (χ4v) is 5.53. The van der Waals surface area contributed by atoms with E-state index in [1.165, 1.54) is 36.1 Å². The second-order valence-electron chi connectivity index (χ2n) is 8.56. The van der Waals surface area contributed by atoms with Crippen LogP contribution in [0.15, 0.2) is 47.4 Å². The Morgan fingerprint density at radius 1 is 1.19 bits per heavy atom. The predicted octanol–water partition coefficient (Wildman–Crippen LogP) is 1.58. The lowest BCUT2D eigenvalue weighted by Gasteiger charge is -2.29. The van der Waals surface area contributed by atoms with Crippen molar-refractivity contribution in [3.63, 3.8) is 0 Å². The number of anilines is 1. The number of carbonyl (C=O) groups is 2. The number of nitrogens with one attached hydrogen (secondary N) is 1. The van der Waals surface area contributed by atoms with Gasteiger partial charge in [0.1, 0.15) is 18.4 Å². The van der Waals surface area contributed by atoms with Gasteiger partial charge in [-0.05, 0) is 62.5 Å². The minimum absolute atomic E-state index is 0.0609. The molecule has 0 fully saturated rings. The van der Waals surface area contributed by atoms with E-state index in [-0.39, 0.29) is 30.5 Å². The Kier molecular flexibility index (Phi) is 8.70. The molecule has 1 atom stereocenters. The third-order valence-corrected chi connectivity index (χ3v) is 7.55. The predicted molar refractivity (Wildman–Crippen MR) is 134 cm³/mol. The fraction of sp³-hybridized carbons (Fsp3) is 0.360. The molecule has 2 N–H and O–H groups in total. The van der Waals surface area contributed by atoms with E-state index in [4.69, 9.17) is 4.74 Å². The first-order valence-corrected chi connectivity index (χ1v) is 12.7. The molecular weight excluding hydrogens is 484 g/mol. The largest absolute Gasteiger partial charge is 0.481 e. The highest BCUT2D eigenvalue weighted by molar-refractivity contribution is 7.89. The Morgan fingerprint density at radius 3 is 2.47 bits per heavy atom. The minimum Gasteiger partial charge on any atom is -0.481 e. The molecule has 10 nitrogen and oxygen atoms in total. The molecular formula is C25H30N4O6S. The number of sulfonamides is 1. The smallest absolute Gasteiger partial charge is 0.263 e. The van der Waals surface area contributed by atoms with Gasteiger partial charge in [-0.1, -0.05) is 18.1 Å². The van der Waals surface area contributed by atoms with Crippen molar-refractivity contribution in [3.8, 4) is 17.6 Å². The number of amides is 2. The summed E-state index contributed by atoms with van der Waals surface area (Å²) in [5, 5.41) is 9.40. The number of hydroxylamine groups is 1. The molecule has 2 aromatic rings. The third-order valence-electron chi connectivity index (χ3n) is 5.68. The van der Waals surface area contributed by atoms with Crippen LogP contribution in [0.1, 0.15) is 25.0 Å². The molecule has 192 valence electrons. The van der Waals surface area contributed by atoms with Gasteiger partial charge in [0.25, 0.3) is 5.91 Å². The van der Waals surface area contributed by atoms with E-state index in [2.05, 4.69) is 11.8 Å². The molecule has 0 saturated heterocycles. The second kappa shape index (κ2) is 11.5. The topological polar surface area (TPSA) is 119 Å². The van der Waals surface area contributed by atoms with Crippen LogP contribution < -0.4 is 15.1 Å². The van der Waals surface area contributed by atoms with E-state index in [9.17, 15) is 23.2 Å². The zero-order valence-corrected chi connectivity index (χ0v) is 21.5. The van der Waals surface area contributed by atoms with Gasteiger partial charge < -0.3 is 14.5 Å². The van der Waals surface area contributed by atoms with E-state index in [0.717, 1.165) is 9.87 Å². The first-order valence-electron chi connectivity index (χ1n) is 11.2. The number of carbonyl (C=O) groups excluding carboxylic acids is 2. The number of ether oxygens (including phenoxy) is 1. The van der Waals surface area contributed by atoms with Crippen LogP contribution in [0.3, 0.4) is 0 Å². The monoisotopic (exact) mass is 514 g/mol. The molecule has 1 aliphatic rings. The van der Waals surface area contributed by atoms with Crippen molar-refractivity contribution < 1.29 is 28.0 Å². The van der Waals surface area contributed by atoms with Crippen LogP contribution in [-0.2, 0) is 32.7 Å². The van der Waals surface area contributed by atoms with Gasteiger partial charge in [0.15, 0.2) is 0 Å². The van der Waals surface area contributed by atoms with Crippen LogP contribution in [0, 0.1) is 11.8 Å². The summed E-state index contributed by atoms with van der Waals surface area (Å²) in [5.41, 5.74) is 3.56. The number of hydrogen-bond donors (Lipinski definition) is 2. The molecule has 3 rings (SSSR count). The zero-order valence-electron chi connectivity index (χ0n) is 20.7. The Balaban J connectivity index is 2.06. The van der Waals surface area contributed by atoms with Gasteiger partial charge in [0, 0.05) is 25.7 Å². The molecule has 0 aromatic heterocycles. The SMILES string of the molecule is CC#CCOc1ccc(S(=O)(=O)N2Cc3ccc(CN(C)C)cc3N(C(C)=O)CC2C(=O)NO)cc1. The highest BCUT2D eigenvalue weighted by Gasteiger charge is 2.41. The lowest BCUT2D eigenvalue weighted by molar-refractivity contribution is -0.133. The van der Waals surface area contributed by atoms with Gasteiger partial charge >= 0.3 is 0 Å². The summed E-state index contributed by atoms with van der Waals surface area (Å²) in [6.07, 6.45) is 0. The van der Waals surface area contributed by atoms with Gasteiger partial charge in [-0.25, -0.2) is 13.9 Å². The fourth-order valence-electron chi connectivity index (χ4n) is 3.97. The molecule has 36 heavy (non-hydrogen) atoms. The molecule has 2 aromatic carbocycles. The van der Waals surface area contributed by atoms with E-state index in [0.29, 0.717) is 23.5 Å². The summed E-state index contributed by atoms with van der Waals surface area (Å²) < 4.78 is 33.9. The van der Waals surface area contributed by atoms with Crippen LogP contribution in [0.2, 0.25) is 0 Å². The Bertz CT molecular complexity index is 1280. The number of benzene rings is 2. The average Bonchev–Trinajstić information content (AvgIpc) is 3.01. The van der Waals surface area contributed by atoms with Crippen molar-refractivity contribution in [1.82, 2.24) is 14.7 Å². The molecule has 0 saturated carbocycles. The molecule has 0 radical (unpaired) electrons. The van der Waals surface area contributed by atoms with Gasteiger partial charge in [-0.15, -0.1) is 5.92 Å². The molecule has 0 aliphatic carbocycles. The molecule has 1 heterocycles. The number of nitrogens with zero attached hydrogens (tertiary/aromatic N) is 3. The standard InChI is InChI=1S/C25H30N4O6S/c1-5-6-13-35-21-9-11-22(12-10-21)36(33,34)29-16-20-8-7-19(15-27(3)4)14-23(20)28(18(2)30)17-24(29)25(31)26-32/h7-12,14,24,32H,13,15-17H2,1-4H3,(H,26,31). The summed E-state index contributed by atoms with van der Waals surface area (Å²) in [5.74, 6) is 4.62. The normalized spacial score (nSPS) is 15.9. The van der Waals surface area contributed by atoms with Crippen molar-refractivity contribution in [1.29, 1.82) is 0 Å². The Morgan fingerprint density at radius 2 is 1.89 bits per heavy atom. The lowest BCUT2D eigenvalue weighted by atomic mass is 10.1. The van der Waals surface area contributed by atoms with Crippen molar-refractivity contribution in [2.24, 2.45) is 0 Å². The Hall–Kier alpha value is -3.43. The van der Waals surface area contributed by atoms with E-state index in [1.807, 2.05) is 31.1 Å². The first kappa shape index (κ1) is 27.2. The molecule has 11 heteroatoms. The third kappa shape index (κ3) is 6.03. The summed E-state index contributed by atoms with van der Waals surface area (Å²) in [4.78, 5) is 28.6. The highest BCUT2D eigenvalue weighted by atomic mass is 32.2. The van der Waals surface area contributed by atoms with Crippen molar-refractivity contribution in [2.45, 2.75) is 37.9 Å². The van der Waals surface area contributed by atoms with Gasteiger partial charge in [0.2, 0.25) is 15.9 Å². The summed E-state index contributed by atoms with van der Waals surface area (Å²) in [7, 11) is -0.392. The van der Waals surface area contributed by atoms with E-state index in [1.54, 1.807) is 18.5 Å². The molecule has 1 unspecified atom stereocenters. The summed E-state index contributed by atoms with van der Waals surface area (Å²) >= 11 is 0. The highest BCUT2D eigenvalue weighted by Crippen LogP contribution is 2.33. The van der Waals surface area contributed by atoms with E-state index < -0.39 is 22.0 Å². The first-order chi connectivity index (χ1) is 17.1. The van der Waals surface area contributed by atoms with Crippen LogP contribution in [-0.4, -0.2) is 67.9 Å². The number of fused-ring (bicyclic) bond motifs is 1.